The van der Waals surface area contributed by atoms with Gasteiger partial charge in [0, 0.05) is 0 Å². The molecule has 0 aliphatic rings. The van der Waals surface area contributed by atoms with Crippen LogP contribution >= 0.6 is 0 Å². The third kappa shape index (κ3) is 21.2. The van der Waals surface area contributed by atoms with E-state index < -0.39 is 0 Å². The maximum atomic E-state index is 2.44. The lowest BCUT2D eigenvalue weighted by Gasteiger charge is -2.33. The lowest BCUT2D eigenvalue weighted by molar-refractivity contribution is -0.908. The Kier molecular flexibility index (Phi) is 28.2. The molecule has 0 aliphatic carbocycles. The van der Waals surface area contributed by atoms with E-state index in [9.17, 15) is 0 Å². The van der Waals surface area contributed by atoms with Gasteiger partial charge in [0.15, 0.2) is 0 Å². The Balaban J connectivity index is -0.00000392. The summed E-state index contributed by atoms with van der Waals surface area (Å²) in [5.41, 5.74) is 0. The molecule has 4 heteroatoms. The SMILES string of the molecule is CCC[N+](C)(CC)CCCCCCCCCCCCCCC[N+](C)(CC)CCC.[Br-].[Br-]. The van der Waals surface area contributed by atoms with E-state index in [1.54, 1.807) is 0 Å². The molecule has 2 unspecified atom stereocenters. The summed E-state index contributed by atoms with van der Waals surface area (Å²) in [7, 11) is 4.88. The number of hydrogen-bond acceptors (Lipinski definition) is 0. The van der Waals surface area contributed by atoms with E-state index in [2.05, 4.69) is 41.8 Å². The standard InChI is InChI=1S/C27H60N2.2BrH/c1-7-24-28(5,9-3)26-22-20-18-16-14-12-11-13-15-17-19-21-23-27-29(6,10-4)25-8-2;;/h7-27H2,1-6H3;2*1H/q+2;;/p-2. The van der Waals surface area contributed by atoms with Gasteiger partial charge in [0.25, 0.3) is 0 Å². The second kappa shape index (κ2) is 24.0. The van der Waals surface area contributed by atoms with Gasteiger partial charge in [-0.3, -0.25) is 0 Å². The lowest BCUT2D eigenvalue weighted by atomic mass is 10.0. The van der Waals surface area contributed by atoms with Crippen LogP contribution in [0.5, 0.6) is 0 Å². The summed E-state index contributed by atoms with van der Waals surface area (Å²) in [6.45, 7) is 17.4. The topological polar surface area (TPSA) is 0 Å². The van der Waals surface area contributed by atoms with Crippen LogP contribution in [-0.4, -0.2) is 62.3 Å². The summed E-state index contributed by atoms with van der Waals surface area (Å²) in [4.78, 5) is 0. The number of halogens is 2. The van der Waals surface area contributed by atoms with Crippen molar-refractivity contribution in [3.8, 4) is 0 Å². The number of nitrogens with zero attached hydrogens (tertiary/aromatic N) is 2. The highest BCUT2D eigenvalue weighted by Gasteiger charge is 2.17. The molecule has 31 heavy (non-hydrogen) atoms. The molecule has 0 amide bonds. The third-order valence-corrected chi connectivity index (χ3v) is 7.45. The Hall–Kier alpha value is 0.880. The van der Waals surface area contributed by atoms with Crippen LogP contribution in [0.4, 0.5) is 0 Å². The first-order valence-electron chi connectivity index (χ1n) is 13.6. The highest BCUT2D eigenvalue weighted by molar-refractivity contribution is 4.50. The minimum absolute atomic E-state index is 0. The molecule has 0 spiro atoms. The molecule has 0 N–H and O–H groups in total. The molecule has 0 radical (unpaired) electrons. The van der Waals surface area contributed by atoms with Crippen LogP contribution in [0.2, 0.25) is 0 Å². The van der Waals surface area contributed by atoms with Gasteiger partial charge < -0.3 is 42.9 Å². The molecule has 0 bridgehead atoms. The second-order valence-electron chi connectivity index (χ2n) is 10.4. The van der Waals surface area contributed by atoms with Gasteiger partial charge in [-0.15, -0.1) is 0 Å². The third-order valence-electron chi connectivity index (χ3n) is 7.45. The van der Waals surface area contributed by atoms with Gasteiger partial charge >= 0.3 is 0 Å². The monoisotopic (exact) mass is 570 g/mol. The number of quaternary nitrogens is 2. The van der Waals surface area contributed by atoms with Gasteiger partial charge in [-0.1, -0.05) is 71.6 Å². The van der Waals surface area contributed by atoms with E-state index in [1.807, 2.05) is 0 Å². The molecule has 0 aromatic rings. The first kappa shape index (κ1) is 36.4. The zero-order valence-electron chi connectivity index (χ0n) is 22.5. The Morgan fingerprint density at radius 2 is 0.581 bits per heavy atom. The summed E-state index contributed by atoms with van der Waals surface area (Å²) in [6.07, 6.45) is 21.6. The minimum Gasteiger partial charge on any atom is -1.00 e. The van der Waals surface area contributed by atoms with Crippen molar-refractivity contribution in [3.63, 3.8) is 0 Å². The van der Waals surface area contributed by atoms with Gasteiger partial charge in [-0.2, -0.15) is 0 Å². The van der Waals surface area contributed by atoms with Crippen molar-refractivity contribution in [1.82, 2.24) is 0 Å². The first-order valence-corrected chi connectivity index (χ1v) is 13.6. The van der Waals surface area contributed by atoms with Crippen LogP contribution in [0.25, 0.3) is 0 Å². The Bertz CT molecular complexity index is 322. The Labute approximate surface area is 219 Å². The highest BCUT2D eigenvalue weighted by atomic mass is 79.9. The molecule has 2 nitrogen and oxygen atoms in total. The molecule has 0 saturated carbocycles. The van der Waals surface area contributed by atoms with Crippen molar-refractivity contribution in [2.45, 2.75) is 124 Å². The maximum Gasteiger partial charge on any atom is 0.0784 e. The summed E-state index contributed by atoms with van der Waals surface area (Å²) >= 11 is 0. The van der Waals surface area contributed by atoms with E-state index in [0.717, 1.165) is 0 Å². The van der Waals surface area contributed by atoms with Gasteiger partial charge in [-0.05, 0) is 52.4 Å². The van der Waals surface area contributed by atoms with Gasteiger partial charge in [0.2, 0.25) is 0 Å². The maximum absolute atomic E-state index is 2.44. The van der Waals surface area contributed by atoms with E-state index in [-0.39, 0.29) is 34.0 Å². The molecule has 0 fully saturated rings. The van der Waals surface area contributed by atoms with Crippen LogP contribution < -0.4 is 34.0 Å². The molecule has 2 atom stereocenters. The van der Waals surface area contributed by atoms with E-state index >= 15 is 0 Å². The van der Waals surface area contributed by atoms with Gasteiger partial charge in [0.05, 0.1) is 53.4 Å². The molecule has 0 aromatic heterocycles. The number of hydrogen-bond donors (Lipinski definition) is 0. The smallest absolute Gasteiger partial charge is 0.0784 e. The Morgan fingerprint density at radius 3 is 0.774 bits per heavy atom. The summed E-state index contributed by atoms with van der Waals surface area (Å²) in [5.74, 6) is 0. The molecule has 0 rings (SSSR count). The molecular weight excluding hydrogens is 512 g/mol. The summed E-state index contributed by atoms with van der Waals surface area (Å²) in [6, 6.07) is 0. The van der Waals surface area contributed by atoms with Crippen LogP contribution in [0.3, 0.4) is 0 Å². The largest absolute Gasteiger partial charge is 1.00 e. The highest BCUT2D eigenvalue weighted by Crippen LogP contribution is 2.15. The van der Waals surface area contributed by atoms with Gasteiger partial charge in [0.1, 0.15) is 0 Å². The molecule has 0 aliphatic heterocycles. The lowest BCUT2D eigenvalue weighted by Crippen LogP contribution is -3.00. The van der Waals surface area contributed by atoms with E-state index in [4.69, 9.17) is 0 Å². The second-order valence-corrected chi connectivity index (χ2v) is 10.4. The van der Waals surface area contributed by atoms with Crippen LogP contribution in [0.1, 0.15) is 124 Å². The number of rotatable bonds is 22. The summed E-state index contributed by atoms with van der Waals surface area (Å²) in [5, 5.41) is 0. The Morgan fingerprint density at radius 1 is 0.355 bits per heavy atom. The average molecular weight is 573 g/mol. The van der Waals surface area contributed by atoms with E-state index in [0.29, 0.717) is 0 Å². The molecule has 0 aromatic carbocycles. The zero-order chi connectivity index (χ0) is 21.8. The van der Waals surface area contributed by atoms with Crippen molar-refractivity contribution in [2.75, 3.05) is 53.4 Å². The fourth-order valence-corrected chi connectivity index (χ4v) is 4.87. The van der Waals surface area contributed by atoms with Crippen LogP contribution in [-0.2, 0) is 0 Å². The van der Waals surface area contributed by atoms with Crippen molar-refractivity contribution in [3.05, 3.63) is 0 Å². The molecule has 0 saturated heterocycles. The zero-order valence-corrected chi connectivity index (χ0v) is 25.7. The van der Waals surface area contributed by atoms with Crippen LogP contribution in [0, 0.1) is 0 Å². The first-order chi connectivity index (χ1) is 13.9. The van der Waals surface area contributed by atoms with Crippen molar-refractivity contribution in [1.29, 1.82) is 0 Å². The van der Waals surface area contributed by atoms with Crippen molar-refractivity contribution >= 4 is 0 Å². The fraction of sp³-hybridized carbons (Fsp3) is 1.00. The molecule has 0 heterocycles. The van der Waals surface area contributed by atoms with Crippen molar-refractivity contribution < 1.29 is 42.9 Å². The summed E-state index contributed by atoms with van der Waals surface area (Å²) < 4.78 is 2.57. The minimum atomic E-state index is 0. The normalized spacial score (nSPS) is 14.9. The predicted octanol–water partition coefficient (Wildman–Crippen LogP) is 1.82. The predicted molar refractivity (Wildman–Crippen MR) is 134 cm³/mol. The van der Waals surface area contributed by atoms with Crippen molar-refractivity contribution in [2.24, 2.45) is 0 Å². The van der Waals surface area contributed by atoms with Crippen LogP contribution in [0.15, 0.2) is 0 Å². The quantitative estimate of drug-likeness (QED) is 0.137. The van der Waals surface area contributed by atoms with E-state index in [1.165, 1.54) is 145 Å². The molecular formula is C27H60Br2N2. The van der Waals surface area contributed by atoms with Gasteiger partial charge in [-0.25, -0.2) is 0 Å². The average Bonchev–Trinajstić information content (AvgIpc) is 2.71. The molecule has 192 valence electrons. The fourth-order valence-electron chi connectivity index (χ4n) is 4.87. The number of unbranched alkanes of at least 4 members (excludes halogenated alkanes) is 12.